The average molecular weight is 344 g/mol. The summed E-state index contributed by atoms with van der Waals surface area (Å²) in [5.41, 5.74) is -0.884. The maximum atomic E-state index is 12.6. The number of nitrogens with one attached hydrogen (secondary N) is 1. The highest BCUT2D eigenvalue weighted by Gasteiger charge is 2.30. The molecule has 0 saturated carbocycles. The Balaban J connectivity index is 2.19. The first-order valence-electron chi connectivity index (χ1n) is 6.19. The van der Waals surface area contributed by atoms with E-state index in [0.717, 1.165) is 18.2 Å². The van der Waals surface area contributed by atoms with Crippen molar-refractivity contribution < 1.29 is 26.4 Å². The maximum absolute atomic E-state index is 12.6. The van der Waals surface area contributed by atoms with Crippen LogP contribution in [0, 0.1) is 0 Å². The molecule has 3 N–H and O–H groups in total. The third-order valence-electron chi connectivity index (χ3n) is 2.89. The Morgan fingerprint density at radius 2 is 1.65 bits per heavy atom. The number of alkyl halides is 3. The summed E-state index contributed by atoms with van der Waals surface area (Å²) in [6.45, 7) is 0. The minimum Gasteiger partial charge on any atom is -0.322 e. The number of nitrogens with two attached hydrogens (primary N) is 1. The predicted molar refractivity (Wildman–Crippen MR) is 77.2 cm³/mol. The van der Waals surface area contributed by atoms with Crippen molar-refractivity contribution in [3.05, 3.63) is 59.7 Å². The molecule has 0 aliphatic rings. The minimum absolute atomic E-state index is 0.144. The number of benzene rings is 2. The van der Waals surface area contributed by atoms with E-state index in [-0.39, 0.29) is 16.1 Å². The molecule has 5 nitrogen and oxygen atoms in total. The second-order valence-corrected chi connectivity index (χ2v) is 6.16. The molecule has 0 saturated heterocycles. The third-order valence-corrected chi connectivity index (χ3v) is 3.82. The zero-order chi connectivity index (χ0) is 17.3. The number of hydrogen-bond acceptors (Lipinski definition) is 3. The molecule has 23 heavy (non-hydrogen) atoms. The molecule has 0 unspecified atom stereocenters. The summed E-state index contributed by atoms with van der Waals surface area (Å²) in [6, 6.07) is 8.88. The summed E-state index contributed by atoms with van der Waals surface area (Å²) in [5, 5.41) is 7.31. The molecule has 0 atom stereocenters. The fourth-order valence-corrected chi connectivity index (χ4v) is 2.28. The Morgan fingerprint density at radius 3 is 2.17 bits per heavy atom. The van der Waals surface area contributed by atoms with Gasteiger partial charge in [0.05, 0.1) is 10.5 Å². The predicted octanol–water partition coefficient (Wildman–Crippen LogP) is 2.61. The van der Waals surface area contributed by atoms with Crippen LogP contribution in [-0.4, -0.2) is 14.3 Å². The summed E-state index contributed by atoms with van der Waals surface area (Å²) in [5.74, 6) is -0.751. The SMILES string of the molecule is NS(=O)(=O)c1ccc(NC(=O)c2cccc(C(F)(F)F)c2)cc1. The Morgan fingerprint density at radius 1 is 1.04 bits per heavy atom. The largest absolute Gasteiger partial charge is 0.416 e. The van der Waals surface area contributed by atoms with Gasteiger partial charge in [0.15, 0.2) is 0 Å². The zero-order valence-corrected chi connectivity index (χ0v) is 12.3. The lowest BCUT2D eigenvalue weighted by Gasteiger charge is -2.09. The number of halogens is 3. The van der Waals surface area contributed by atoms with Crippen LogP contribution >= 0.6 is 0 Å². The molecular formula is C14H11F3N2O3S. The van der Waals surface area contributed by atoms with Crippen molar-refractivity contribution in [1.29, 1.82) is 0 Å². The van der Waals surface area contributed by atoms with E-state index in [4.69, 9.17) is 5.14 Å². The molecule has 0 radical (unpaired) electrons. The van der Waals surface area contributed by atoms with Crippen LogP contribution in [0.15, 0.2) is 53.4 Å². The van der Waals surface area contributed by atoms with Crippen LogP contribution in [0.4, 0.5) is 18.9 Å². The Bertz CT molecular complexity index is 831. The lowest BCUT2D eigenvalue weighted by Crippen LogP contribution is -2.15. The smallest absolute Gasteiger partial charge is 0.322 e. The van der Waals surface area contributed by atoms with Crippen molar-refractivity contribution in [2.45, 2.75) is 11.1 Å². The molecule has 1 amide bonds. The zero-order valence-electron chi connectivity index (χ0n) is 11.5. The van der Waals surface area contributed by atoms with E-state index in [1.165, 1.54) is 30.3 Å². The highest BCUT2D eigenvalue weighted by molar-refractivity contribution is 7.89. The molecule has 0 aliphatic heterocycles. The number of amides is 1. The van der Waals surface area contributed by atoms with Gasteiger partial charge in [-0.25, -0.2) is 13.6 Å². The number of primary sulfonamides is 1. The first kappa shape index (κ1) is 17.0. The van der Waals surface area contributed by atoms with Crippen LogP contribution in [0.3, 0.4) is 0 Å². The van der Waals surface area contributed by atoms with Crippen molar-refractivity contribution in [3.63, 3.8) is 0 Å². The van der Waals surface area contributed by atoms with Crippen LogP contribution in [0.1, 0.15) is 15.9 Å². The van der Waals surface area contributed by atoms with Gasteiger partial charge in [0.25, 0.3) is 5.91 Å². The van der Waals surface area contributed by atoms with Gasteiger partial charge in [-0.05, 0) is 42.5 Å². The molecule has 0 spiro atoms. The van der Waals surface area contributed by atoms with Crippen molar-refractivity contribution >= 4 is 21.6 Å². The number of carbonyl (C=O) groups excluding carboxylic acids is 1. The molecule has 0 fully saturated rings. The highest BCUT2D eigenvalue weighted by Crippen LogP contribution is 2.29. The van der Waals surface area contributed by atoms with Crippen molar-refractivity contribution in [1.82, 2.24) is 0 Å². The van der Waals surface area contributed by atoms with Gasteiger partial charge in [-0.2, -0.15) is 13.2 Å². The lowest BCUT2D eigenvalue weighted by molar-refractivity contribution is -0.137. The summed E-state index contributed by atoms with van der Waals surface area (Å²) in [7, 11) is -3.86. The summed E-state index contributed by atoms with van der Waals surface area (Å²) in [6.07, 6.45) is -4.55. The van der Waals surface area contributed by atoms with E-state index in [9.17, 15) is 26.4 Å². The van der Waals surface area contributed by atoms with E-state index in [1.54, 1.807) is 0 Å². The number of carbonyl (C=O) groups is 1. The first-order chi connectivity index (χ1) is 10.6. The van der Waals surface area contributed by atoms with Gasteiger partial charge in [0.1, 0.15) is 0 Å². The van der Waals surface area contributed by atoms with Crippen LogP contribution in [0.5, 0.6) is 0 Å². The Labute approximate surface area is 130 Å². The van der Waals surface area contributed by atoms with Crippen LogP contribution in [-0.2, 0) is 16.2 Å². The Kier molecular flexibility index (Phi) is 4.44. The molecule has 0 heterocycles. The quantitative estimate of drug-likeness (QED) is 0.897. The van der Waals surface area contributed by atoms with Crippen LogP contribution in [0.25, 0.3) is 0 Å². The van der Waals surface area contributed by atoms with Crippen molar-refractivity contribution in [2.24, 2.45) is 5.14 Å². The molecule has 0 aromatic heterocycles. The number of hydrogen-bond donors (Lipinski definition) is 2. The van der Waals surface area contributed by atoms with Gasteiger partial charge >= 0.3 is 6.18 Å². The van der Waals surface area contributed by atoms with Crippen LogP contribution in [0.2, 0.25) is 0 Å². The van der Waals surface area contributed by atoms with E-state index in [1.807, 2.05) is 0 Å². The molecule has 122 valence electrons. The average Bonchev–Trinajstić information content (AvgIpc) is 2.46. The van der Waals surface area contributed by atoms with Crippen molar-refractivity contribution in [2.75, 3.05) is 5.32 Å². The molecule has 2 aromatic carbocycles. The number of rotatable bonds is 3. The molecular weight excluding hydrogens is 333 g/mol. The highest BCUT2D eigenvalue weighted by atomic mass is 32.2. The maximum Gasteiger partial charge on any atom is 0.416 e. The Hall–Kier alpha value is -2.39. The number of sulfonamides is 1. The molecule has 2 rings (SSSR count). The number of anilines is 1. The van der Waals surface area contributed by atoms with E-state index in [0.29, 0.717) is 0 Å². The second-order valence-electron chi connectivity index (χ2n) is 4.60. The van der Waals surface area contributed by atoms with E-state index >= 15 is 0 Å². The molecule has 9 heteroatoms. The normalized spacial score (nSPS) is 12.0. The van der Waals surface area contributed by atoms with E-state index < -0.39 is 27.7 Å². The fourth-order valence-electron chi connectivity index (χ4n) is 1.77. The van der Waals surface area contributed by atoms with Crippen LogP contribution < -0.4 is 10.5 Å². The third kappa shape index (κ3) is 4.30. The summed E-state index contributed by atoms with van der Waals surface area (Å²) < 4.78 is 60.0. The van der Waals surface area contributed by atoms with E-state index in [2.05, 4.69) is 5.32 Å². The van der Waals surface area contributed by atoms with Gasteiger partial charge < -0.3 is 5.32 Å². The van der Waals surface area contributed by atoms with Gasteiger partial charge in [-0.1, -0.05) is 6.07 Å². The second kappa shape index (κ2) is 6.01. The molecule has 2 aromatic rings. The summed E-state index contributed by atoms with van der Waals surface area (Å²) >= 11 is 0. The first-order valence-corrected chi connectivity index (χ1v) is 7.73. The van der Waals surface area contributed by atoms with Gasteiger partial charge in [0, 0.05) is 11.3 Å². The van der Waals surface area contributed by atoms with Gasteiger partial charge in [0.2, 0.25) is 10.0 Å². The fraction of sp³-hybridized carbons (Fsp3) is 0.0714. The lowest BCUT2D eigenvalue weighted by atomic mass is 10.1. The molecule has 0 bridgehead atoms. The molecule has 0 aliphatic carbocycles. The standard InChI is InChI=1S/C14H11F3N2O3S/c15-14(16,17)10-3-1-2-9(8-10)13(20)19-11-4-6-12(7-5-11)23(18,21)22/h1-8H,(H,19,20)(H2,18,21,22). The van der Waals surface area contributed by atoms with Gasteiger partial charge in [-0.15, -0.1) is 0 Å². The monoisotopic (exact) mass is 344 g/mol. The topological polar surface area (TPSA) is 89.3 Å². The van der Waals surface area contributed by atoms with Crippen molar-refractivity contribution in [3.8, 4) is 0 Å². The van der Waals surface area contributed by atoms with Gasteiger partial charge in [-0.3, -0.25) is 4.79 Å². The summed E-state index contributed by atoms with van der Waals surface area (Å²) in [4.78, 5) is 11.8. The minimum atomic E-state index is -4.55.